The van der Waals surface area contributed by atoms with Crippen molar-refractivity contribution >= 4 is 0 Å². The molecule has 0 aliphatic rings. The van der Waals surface area contributed by atoms with Crippen LogP contribution >= 0.6 is 0 Å². The van der Waals surface area contributed by atoms with Gasteiger partial charge in [0.25, 0.3) is 0 Å². The van der Waals surface area contributed by atoms with Gasteiger partial charge in [-0.15, -0.1) is 6.58 Å². The maximum absolute atomic E-state index is 5.63. The van der Waals surface area contributed by atoms with E-state index in [-0.39, 0.29) is 0 Å². The van der Waals surface area contributed by atoms with Gasteiger partial charge in [0.2, 0.25) is 0 Å². The first-order valence-electron chi connectivity index (χ1n) is 5.20. The van der Waals surface area contributed by atoms with Crippen LogP contribution in [0.4, 0.5) is 0 Å². The fourth-order valence-corrected chi connectivity index (χ4v) is 1.24. The lowest BCUT2D eigenvalue weighted by molar-refractivity contribution is 0.426. The monoisotopic (exact) mass is 202 g/mol. The molecule has 15 heavy (non-hydrogen) atoms. The number of allylic oxidation sites excluding steroid dienone is 3. The van der Waals surface area contributed by atoms with Gasteiger partial charge in [-0.2, -0.15) is 0 Å². The van der Waals surface area contributed by atoms with Gasteiger partial charge in [0.05, 0.1) is 5.76 Å². The molecule has 0 aliphatic heterocycles. The van der Waals surface area contributed by atoms with Gasteiger partial charge in [-0.05, 0) is 43.5 Å². The Balaban J connectivity index is 2.87. The van der Waals surface area contributed by atoms with E-state index in [1.165, 1.54) is 5.56 Å². The Labute approximate surface area is 92.1 Å². The molecule has 1 rings (SSSR count). The third-order valence-electron chi connectivity index (χ3n) is 2.42. The van der Waals surface area contributed by atoms with E-state index < -0.39 is 0 Å². The molecule has 0 aliphatic carbocycles. The molecule has 1 heteroatoms. The van der Waals surface area contributed by atoms with E-state index >= 15 is 0 Å². The molecule has 80 valence electrons. The third-order valence-corrected chi connectivity index (χ3v) is 2.42. The van der Waals surface area contributed by atoms with Gasteiger partial charge >= 0.3 is 0 Å². The van der Waals surface area contributed by atoms with Crippen molar-refractivity contribution in [2.45, 2.75) is 26.7 Å². The summed E-state index contributed by atoms with van der Waals surface area (Å²) in [6, 6.07) is 8.11. The molecule has 1 nitrogen and oxygen atoms in total. The molecule has 1 unspecified atom stereocenters. The van der Waals surface area contributed by atoms with Crippen LogP contribution in [-0.4, -0.2) is 0 Å². The summed E-state index contributed by atoms with van der Waals surface area (Å²) in [5.74, 6) is 2.16. The first kappa shape index (κ1) is 11.6. The molecule has 0 aromatic heterocycles. The van der Waals surface area contributed by atoms with E-state index in [1.54, 1.807) is 0 Å². The molecular weight excluding hydrogens is 184 g/mol. The van der Waals surface area contributed by atoms with E-state index in [4.69, 9.17) is 4.74 Å². The summed E-state index contributed by atoms with van der Waals surface area (Å²) in [6.07, 6.45) is 3.88. The Morgan fingerprint density at radius 3 is 2.80 bits per heavy atom. The molecule has 1 aromatic carbocycles. The Kier molecular flexibility index (Phi) is 4.17. The second-order valence-corrected chi connectivity index (χ2v) is 3.60. The number of benzene rings is 1. The Bertz CT molecular complexity index is 363. The van der Waals surface area contributed by atoms with Crippen LogP contribution < -0.4 is 4.74 Å². The van der Waals surface area contributed by atoms with Gasteiger partial charge in [0.1, 0.15) is 5.75 Å². The minimum absolute atomic E-state index is 0.361. The molecule has 1 aromatic rings. The minimum atomic E-state index is 0.361. The first-order valence-corrected chi connectivity index (χ1v) is 5.20. The summed E-state index contributed by atoms with van der Waals surface area (Å²) in [5, 5.41) is 0. The van der Waals surface area contributed by atoms with Crippen LogP contribution in [0.5, 0.6) is 5.75 Å². The zero-order chi connectivity index (χ0) is 11.3. The predicted octanol–water partition coefficient (Wildman–Crippen LogP) is 4.28. The van der Waals surface area contributed by atoms with Crippen molar-refractivity contribution in [3.63, 3.8) is 0 Å². The summed E-state index contributed by atoms with van der Waals surface area (Å²) >= 11 is 0. The minimum Gasteiger partial charge on any atom is -0.462 e. The average molecular weight is 202 g/mol. The van der Waals surface area contributed by atoms with E-state index in [0.717, 1.165) is 11.5 Å². The molecule has 0 saturated heterocycles. The van der Waals surface area contributed by atoms with E-state index in [0.29, 0.717) is 5.92 Å². The van der Waals surface area contributed by atoms with Crippen LogP contribution in [0.3, 0.4) is 0 Å². The van der Waals surface area contributed by atoms with Crippen molar-refractivity contribution in [2.75, 3.05) is 0 Å². The predicted molar refractivity (Wildman–Crippen MR) is 65.1 cm³/mol. The van der Waals surface area contributed by atoms with Gasteiger partial charge in [-0.25, -0.2) is 0 Å². The highest BCUT2D eigenvalue weighted by Crippen LogP contribution is 2.22. The molecule has 0 heterocycles. The summed E-state index contributed by atoms with van der Waals surface area (Å²) in [5.41, 5.74) is 1.23. The molecular formula is C14H18O. The molecule has 0 N–H and O–H groups in total. The maximum atomic E-state index is 5.63. The van der Waals surface area contributed by atoms with Gasteiger partial charge < -0.3 is 4.74 Å². The van der Waals surface area contributed by atoms with Crippen molar-refractivity contribution in [3.05, 3.63) is 54.3 Å². The number of rotatable bonds is 4. The van der Waals surface area contributed by atoms with Crippen LogP contribution in [-0.2, 0) is 0 Å². The molecule has 0 saturated carbocycles. The molecule has 1 atom stereocenters. The van der Waals surface area contributed by atoms with Crippen molar-refractivity contribution < 1.29 is 4.74 Å². The van der Waals surface area contributed by atoms with Crippen LogP contribution in [0.25, 0.3) is 0 Å². The topological polar surface area (TPSA) is 9.23 Å². The second kappa shape index (κ2) is 5.40. The van der Waals surface area contributed by atoms with Crippen LogP contribution in [0.2, 0.25) is 0 Å². The SMILES string of the molecule is C=CC(C)c1cccc(OC(C)=CC)c1. The van der Waals surface area contributed by atoms with Crippen LogP contribution in [0.1, 0.15) is 32.3 Å². The second-order valence-electron chi connectivity index (χ2n) is 3.60. The van der Waals surface area contributed by atoms with E-state index in [2.05, 4.69) is 25.6 Å². The van der Waals surface area contributed by atoms with Gasteiger partial charge in [0, 0.05) is 0 Å². The summed E-state index contributed by atoms with van der Waals surface area (Å²) in [6.45, 7) is 9.82. The molecule has 0 radical (unpaired) electrons. The molecule has 0 bridgehead atoms. The zero-order valence-corrected chi connectivity index (χ0v) is 9.66. The zero-order valence-electron chi connectivity index (χ0n) is 9.66. The van der Waals surface area contributed by atoms with Crippen molar-refractivity contribution in [1.82, 2.24) is 0 Å². The lowest BCUT2D eigenvalue weighted by Crippen LogP contribution is -1.93. The summed E-state index contributed by atoms with van der Waals surface area (Å²) in [7, 11) is 0. The highest BCUT2D eigenvalue weighted by atomic mass is 16.5. The number of hydrogen-bond donors (Lipinski definition) is 0. The normalized spacial score (nSPS) is 13.4. The quantitative estimate of drug-likeness (QED) is 0.523. The van der Waals surface area contributed by atoms with Gasteiger partial charge in [-0.1, -0.05) is 25.1 Å². The summed E-state index contributed by atoms with van der Waals surface area (Å²) < 4.78 is 5.63. The molecule has 0 spiro atoms. The largest absolute Gasteiger partial charge is 0.462 e. The average Bonchev–Trinajstić information content (AvgIpc) is 2.28. The van der Waals surface area contributed by atoms with Gasteiger partial charge in [-0.3, -0.25) is 0 Å². The molecule has 0 amide bonds. The molecule has 0 fully saturated rings. The fourth-order valence-electron chi connectivity index (χ4n) is 1.24. The Morgan fingerprint density at radius 2 is 2.20 bits per heavy atom. The van der Waals surface area contributed by atoms with Crippen molar-refractivity contribution in [3.8, 4) is 5.75 Å². The highest BCUT2D eigenvalue weighted by Gasteiger charge is 2.02. The number of hydrogen-bond acceptors (Lipinski definition) is 1. The Hall–Kier alpha value is -1.50. The van der Waals surface area contributed by atoms with Crippen molar-refractivity contribution in [1.29, 1.82) is 0 Å². The van der Waals surface area contributed by atoms with E-state index in [9.17, 15) is 0 Å². The maximum Gasteiger partial charge on any atom is 0.127 e. The van der Waals surface area contributed by atoms with Crippen molar-refractivity contribution in [2.24, 2.45) is 0 Å². The number of ether oxygens (including phenoxy) is 1. The standard InChI is InChI=1S/C14H18O/c1-5-11(3)13-8-7-9-14(10-13)15-12(4)6-2/h5-11H,1H2,2-4H3. The third kappa shape index (κ3) is 3.28. The lowest BCUT2D eigenvalue weighted by atomic mass is 10.0. The Morgan fingerprint density at radius 1 is 1.47 bits per heavy atom. The van der Waals surface area contributed by atoms with Crippen LogP contribution in [0, 0.1) is 0 Å². The summed E-state index contributed by atoms with van der Waals surface area (Å²) in [4.78, 5) is 0. The first-order chi connectivity index (χ1) is 7.17. The lowest BCUT2D eigenvalue weighted by Gasteiger charge is -2.10. The fraction of sp³-hybridized carbons (Fsp3) is 0.286. The van der Waals surface area contributed by atoms with Gasteiger partial charge in [0.15, 0.2) is 0 Å². The highest BCUT2D eigenvalue weighted by molar-refractivity contribution is 5.33. The van der Waals surface area contributed by atoms with E-state index in [1.807, 2.05) is 38.1 Å². The van der Waals surface area contributed by atoms with Crippen LogP contribution in [0.15, 0.2) is 48.8 Å². The smallest absolute Gasteiger partial charge is 0.127 e.